The van der Waals surface area contributed by atoms with E-state index in [1.54, 1.807) is 20.8 Å². The smallest absolute Gasteiger partial charge is 0.0776 e. The van der Waals surface area contributed by atoms with Gasteiger partial charge in [-0.3, -0.25) is 0 Å². The molecule has 0 heterocycles. The molecule has 0 unspecified atom stereocenters. The maximum atomic E-state index is 2.63. The van der Waals surface area contributed by atoms with Gasteiger partial charge >= 0.3 is 0 Å². The highest BCUT2D eigenvalue weighted by atomic mass is 28.3. The van der Waals surface area contributed by atoms with Crippen LogP contribution in [-0.4, -0.2) is 8.07 Å². The van der Waals surface area contributed by atoms with Crippen molar-refractivity contribution in [1.82, 2.24) is 0 Å². The zero-order valence-electron chi connectivity index (χ0n) is 30.4. The summed E-state index contributed by atoms with van der Waals surface area (Å²) in [5.74, 6) is 2.83. The zero-order valence-corrected chi connectivity index (χ0v) is 31.4. The van der Waals surface area contributed by atoms with Gasteiger partial charge in [0.25, 0.3) is 0 Å². The van der Waals surface area contributed by atoms with Crippen LogP contribution < -0.4 is 15.6 Å². The van der Waals surface area contributed by atoms with E-state index < -0.39 is 8.07 Å². The van der Waals surface area contributed by atoms with Crippen LogP contribution in [0.4, 0.5) is 0 Å². The molecule has 3 aromatic rings. The van der Waals surface area contributed by atoms with Crippen LogP contribution in [0.5, 0.6) is 0 Å². The van der Waals surface area contributed by atoms with E-state index in [9.17, 15) is 0 Å². The number of allylic oxidation sites excluding steroid dienone is 4. The summed E-state index contributed by atoms with van der Waals surface area (Å²) in [5, 5.41) is 6.38. The summed E-state index contributed by atoms with van der Waals surface area (Å²) in [6.45, 7) is 33.1. The summed E-state index contributed by atoms with van der Waals surface area (Å²) in [7, 11) is -2.73. The van der Waals surface area contributed by atoms with Gasteiger partial charge in [-0.1, -0.05) is 160 Å². The first-order valence-electron chi connectivity index (χ1n) is 17.4. The number of benzene rings is 3. The molecule has 1 heteroatoms. The monoisotopic (exact) mass is 604 g/mol. The Labute approximate surface area is 272 Å². The first-order valence-corrected chi connectivity index (χ1v) is 19.4. The minimum atomic E-state index is -2.73. The van der Waals surface area contributed by atoms with Crippen LogP contribution in [0.2, 0.25) is 0 Å². The average molecular weight is 605 g/mol. The van der Waals surface area contributed by atoms with Crippen molar-refractivity contribution >= 4 is 23.6 Å². The Morgan fingerprint density at radius 1 is 0.409 bits per heavy atom. The molecule has 0 spiro atoms. The fraction of sp³-hybridized carbons (Fsp3) is 0.488. The van der Waals surface area contributed by atoms with Gasteiger partial charge in [0.1, 0.15) is 0 Å². The predicted molar refractivity (Wildman–Crippen MR) is 200 cm³/mol. The van der Waals surface area contributed by atoms with E-state index in [2.05, 4.69) is 158 Å². The molecule has 1 aliphatic carbocycles. The lowest BCUT2D eigenvalue weighted by molar-refractivity contribution is 0.834. The van der Waals surface area contributed by atoms with Crippen molar-refractivity contribution in [2.45, 2.75) is 139 Å². The molecule has 0 amide bonds. The van der Waals surface area contributed by atoms with E-state index in [4.69, 9.17) is 0 Å². The van der Waals surface area contributed by atoms with E-state index in [0.29, 0.717) is 35.5 Å². The van der Waals surface area contributed by atoms with Gasteiger partial charge in [-0.25, -0.2) is 0 Å². The highest BCUT2D eigenvalue weighted by Gasteiger charge is 2.46. The topological polar surface area (TPSA) is 0 Å². The SMILES string of the molecule is CC1=CCC([Si](c2cc(C(C)C)cc(C(C)C)c2)(c2cc(C(C)C)cc(C(C)C)c2)c2cc(C(C)C)cc(C(C)C)c2)=C1C. The molecular weight excluding hydrogens is 545 g/mol. The first-order chi connectivity index (χ1) is 20.6. The second-order valence-corrected chi connectivity index (χ2v) is 19.4. The van der Waals surface area contributed by atoms with E-state index in [1.807, 2.05) is 0 Å². The molecule has 0 radical (unpaired) electrons. The van der Waals surface area contributed by atoms with Crippen molar-refractivity contribution in [2.75, 3.05) is 0 Å². The Hall–Kier alpha value is -2.64. The van der Waals surface area contributed by atoms with Gasteiger partial charge in [-0.15, -0.1) is 0 Å². The van der Waals surface area contributed by atoms with Gasteiger partial charge in [-0.2, -0.15) is 0 Å². The first kappa shape index (κ1) is 34.2. The molecule has 0 N–H and O–H groups in total. The van der Waals surface area contributed by atoms with Crippen LogP contribution in [0.25, 0.3) is 0 Å². The summed E-state index contributed by atoms with van der Waals surface area (Å²) in [6.07, 6.45) is 3.55. The minimum Gasteiger partial charge on any atom is -0.0776 e. The van der Waals surface area contributed by atoms with Crippen molar-refractivity contribution < 1.29 is 0 Å². The van der Waals surface area contributed by atoms with Gasteiger partial charge in [0.2, 0.25) is 0 Å². The van der Waals surface area contributed by atoms with Crippen LogP contribution in [0, 0.1) is 0 Å². The zero-order chi connectivity index (χ0) is 32.7. The number of rotatable bonds is 10. The third-order valence-corrected chi connectivity index (χ3v) is 15.3. The van der Waals surface area contributed by atoms with Gasteiger partial charge in [-0.05, 0) is 105 Å². The molecule has 0 fully saturated rings. The highest BCUT2D eigenvalue weighted by Crippen LogP contribution is 2.36. The normalized spacial score (nSPS) is 14.4. The fourth-order valence-corrected chi connectivity index (χ4v) is 12.4. The van der Waals surface area contributed by atoms with Crippen molar-refractivity contribution in [2.24, 2.45) is 0 Å². The Morgan fingerprint density at radius 3 is 0.841 bits per heavy atom. The van der Waals surface area contributed by atoms with Crippen LogP contribution in [-0.2, 0) is 0 Å². The lowest BCUT2D eigenvalue weighted by atomic mass is 9.95. The highest BCUT2D eigenvalue weighted by molar-refractivity contribution is 7.16. The summed E-state index contributed by atoms with van der Waals surface area (Å²) in [4.78, 5) is 0. The van der Waals surface area contributed by atoms with Gasteiger partial charge in [0, 0.05) is 0 Å². The molecule has 0 aliphatic heterocycles. The van der Waals surface area contributed by atoms with Crippen LogP contribution in [0.3, 0.4) is 0 Å². The largest absolute Gasteiger partial charge is 0.176 e. The van der Waals surface area contributed by atoms with Crippen LogP contribution >= 0.6 is 0 Å². The number of hydrogen-bond acceptors (Lipinski definition) is 0. The summed E-state index contributed by atoms with van der Waals surface area (Å²) in [6, 6.07) is 23.3. The molecule has 0 bridgehead atoms. The molecule has 0 saturated heterocycles. The van der Waals surface area contributed by atoms with Crippen molar-refractivity contribution in [3.63, 3.8) is 0 Å². The molecule has 3 aromatic carbocycles. The second kappa shape index (κ2) is 13.4. The second-order valence-electron chi connectivity index (χ2n) is 15.5. The maximum absolute atomic E-state index is 2.73. The molecule has 0 nitrogen and oxygen atoms in total. The van der Waals surface area contributed by atoms with Gasteiger partial charge in [0.15, 0.2) is 8.07 Å². The van der Waals surface area contributed by atoms with Crippen LogP contribution in [0.1, 0.15) is 172 Å². The van der Waals surface area contributed by atoms with Crippen molar-refractivity contribution in [3.8, 4) is 0 Å². The predicted octanol–water partition coefficient (Wildman–Crippen LogP) is 11.1. The molecule has 1 aliphatic rings. The molecule has 4 rings (SSSR count). The Balaban J connectivity index is 2.35. The Kier molecular flexibility index (Phi) is 10.4. The molecule has 44 heavy (non-hydrogen) atoms. The molecule has 236 valence electrons. The third-order valence-electron chi connectivity index (χ3n) is 10.3. The van der Waals surface area contributed by atoms with E-state index in [1.165, 1.54) is 44.5 Å². The minimum absolute atomic E-state index is 0.471. The standard InChI is InChI=1S/C43H60Si/c1-26(2)34-17-35(27(3)4)21-40(20-34)44(43-16-15-32(13)33(43)14,41-22-36(28(5)6)18-37(23-41)29(7)8)42-24-38(30(9)10)19-39(25-42)31(11)12/h15,17-31H,16H2,1-14H3. The summed E-state index contributed by atoms with van der Waals surface area (Å²) in [5.41, 5.74) is 11.8. The summed E-state index contributed by atoms with van der Waals surface area (Å²) >= 11 is 0. The van der Waals surface area contributed by atoms with E-state index in [-0.39, 0.29) is 0 Å². The Bertz CT molecular complexity index is 1320. The third kappa shape index (κ3) is 6.50. The van der Waals surface area contributed by atoms with Gasteiger partial charge in [0.05, 0.1) is 0 Å². The summed E-state index contributed by atoms with van der Waals surface area (Å²) < 4.78 is 0. The van der Waals surface area contributed by atoms with E-state index in [0.717, 1.165) is 6.42 Å². The molecule has 0 saturated carbocycles. The lowest BCUT2D eigenvalue weighted by Gasteiger charge is -2.39. The molecule has 0 aromatic heterocycles. The average Bonchev–Trinajstić information content (AvgIpc) is 3.30. The maximum Gasteiger partial charge on any atom is 0.176 e. The molecular formula is C43H60Si. The quantitative estimate of drug-likeness (QED) is 0.159. The van der Waals surface area contributed by atoms with Crippen molar-refractivity contribution in [1.29, 1.82) is 0 Å². The van der Waals surface area contributed by atoms with Gasteiger partial charge < -0.3 is 0 Å². The van der Waals surface area contributed by atoms with Crippen LogP contribution in [0.15, 0.2) is 77.0 Å². The fourth-order valence-electron chi connectivity index (χ4n) is 6.94. The van der Waals surface area contributed by atoms with Crippen molar-refractivity contribution in [3.05, 3.63) is 110 Å². The lowest BCUT2D eigenvalue weighted by Crippen LogP contribution is -2.69. The molecule has 0 atom stereocenters. The Morgan fingerprint density at radius 2 is 0.659 bits per heavy atom. The van der Waals surface area contributed by atoms with E-state index >= 15 is 0 Å². The number of hydrogen-bond donors (Lipinski definition) is 0.